The summed E-state index contributed by atoms with van der Waals surface area (Å²) in [6.07, 6.45) is 5.17. The number of pyridine rings is 1. The van der Waals surface area contributed by atoms with Crippen LogP contribution in [0.15, 0.2) is 36.5 Å². The minimum atomic E-state index is -0.0705. The van der Waals surface area contributed by atoms with E-state index in [4.69, 9.17) is 4.74 Å². The first kappa shape index (κ1) is 15.3. The van der Waals surface area contributed by atoms with Crippen molar-refractivity contribution in [3.63, 3.8) is 0 Å². The van der Waals surface area contributed by atoms with Gasteiger partial charge in [0.25, 0.3) is 5.91 Å². The third kappa shape index (κ3) is 2.94. The van der Waals surface area contributed by atoms with Crippen molar-refractivity contribution in [2.75, 3.05) is 19.7 Å². The van der Waals surface area contributed by atoms with Crippen LogP contribution in [0.4, 0.5) is 0 Å². The quantitative estimate of drug-likeness (QED) is 0.853. The maximum Gasteiger partial charge on any atom is 0.254 e. The van der Waals surface area contributed by atoms with Crippen molar-refractivity contribution in [2.45, 2.75) is 32.3 Å². The molecule has 1 atom stereocenters. The predicted octanol–water partition coefficient (Wildman–Crippen LogP) is 3.09. The van der Waals surface area contributed by atoms with Gasteiger partial charge in [0.1, 0.15) is 6.10 Å². The van der Waals surface area contributed by atoms with Gasteiger partial charge in [-0.3, -0.25) is 9.78 Å². The van der Waals surface area contributed by atoms with Crippen LogP contribution in [-0.2, 0) is 17.6 Å². The highest BCUT2D eigenvalue weighted by Crippen LogP contribution is 2.26. The number of amides is 1. The molecule has 0 radical (unpaired) electrons. The third-order valence-corrected chi connectivity index (χ3v) is 4.99. The fourth-order valence-electron chi connectivity index (χ4n) is 3.69. The number of nitrogens with zero attached hydrogens (tertiary/aromatic N) is 2. The second-order valence-electron chi connectivity index (χ2n) is 6.68. The number of carbonyl (C=O) groups excluding carboxylic acids is 1. The number of aryl methyl sites for hydroxylation is 3. The molecule has 0 bridgehead atoms. The van der Waals surface area contributed by atoms with Crippen LogP contribution in [-0.4, -0.2) is 35.5 Å². The van der Waals surface area contributed by atoms with E-state index in [2.05, 4.69) is 17.1 Å². The van der Waals surface area contributed by atoms with Crippen LogP contribution >= 0.6 is 0 Å². The Morgan fingerprint density at radius 3 is 2.96 bits per heavy atom. The van der Waals surface area contributed by atoms with Crippen LogP contribution in [0.5, 0.6) is 0 Å². The van der Waals surface area contributed by atoms with E-state index in [-0.39, 0.29) is 12.0 Å². The Kier molecular flexibility index (Phi) is 4.07. The fraction of sp³-hybridized carbons (Fsp3) is 0.400. The molecule has 1 unspecified atom stereocenters. The standard InChI is InChI=1S/C20H22N2O2/c1-14-11-17(7-8-21-14)19-13-22(9-10-24-19)20(23)18-6-5-15-3-2-4-16(15)12-18/h5-8,11-12,19H,2-4,9-10,13H2,1H3. The summed E-state index contributed by atoms with van der Waals surface area (Å²) in [5, 5.41) is 0. The fourth-order valence-corrected chi connectivity index (χ4v) is 3.69. The molecule has 0 N–H and O–H groups in total. The number of fused-ring (bicyclic) bond motifs is 1. The van der Waals surface area contributed by atoms with Crippen molar-refractivity contribution in [3.8, 4) is 0 Å². The predicted molar refractivity (Wildman–Crippen MR) is 92.0 cm³/mol. The average molecular weight is 322 g/mol. The van der Waals surface area contributed by atoms with Crippen molar-refractivity contribution in [1.29, 1.82) is 0 Å². The van der Waals surface area contributed by atoms with Crippen molar-refractivity contribution in [3.05, 3.63) is 64.5 Å². The summed E-state index contributed by atoms with van der Waals surface area (Å²) in [5.41, 5.74) is 5.61. The molecule has 1 saturated heterocycles. The molecule has 0 spiro atoms. The molecule has 1 fully saturated rings. The van der Waals surface area contributed by atoms with Gasteiger partial charge in [-0.1, -0.05) is 6.07 Å². The van der Waals surface area contributed by atoms with Crippen molar-refractivity contribution < 1.29 is 9.53 Å². The normalized spacial score (nSPS) is 20.0. The van der Waals surface area contributed by atoms with E-state index < -0.39 is 0 Å². The highest BCUT2D eigenvalue weighted by molar-refractivity contribution is 5.94. The maximum atomic E-state index is 12.9. The molecule has 1 aliphatic carbocycles. The summed E-state index contributed by atoms with van der Waals surface area (Å²) in [6, 6.07) is 10.2. The molecule has 1 aliphatic heterocycles. The summed E-state index contributed by atoms with van der Waals surface area (Å²) >= 11 is 0. The molecule has 1 amide bonds. The zero-order chi connectivity index (χ0) is 16.5. The molecular weight excluding hydrogens is 300 g/mol. The zero-order valence-corrected chi connectivity index (χ0v) is 14.0. The van der Waals surface area contributed by atoms with Gasteiger partial charge in [0, 0.05) is 24.0 Å². The largest absolute Gasteiger partial charge is 0.370 e. The molecule has 4 heteroatoms. The van der Waals surface area contributed by atoms with Gasteiger partial charge in [-0.25, -0.2) is 0 Å². The van der Waals surface area contributed by atoms with E-state index >= 15 is 0 Å². The molecular formula is C20H22N2O2. The average Bonchev–Trinajstić information content (AvgIpc) is 3.09. The lowest BCUT2D eigenvalue weighted by molar-refractivity contribution is -0.0228. The van der Waals surface area contributed by atoms with Gasteiger partial charge in [0.2, 0.25) is 0 Å². The van der Waals surface area contributed by atoms with Crippen LogP contribution in [0.3, 0.4) is 0 Å². The summed E-state index contributed by atoms with van der Waals surface area (Å²) in [5.74, 6) is 0.115. The maximum absolute atomic E-state index is 12.9. The number of morpholine rings is 1. The monoisotopic (exact) mass is 322 g/mol. The first-order valence-electron chi connectivity index (χ1n) is 8.66. The Balaban J connectivity index is 1.52. The highest BCUT2D eigenvalue weighted by atomic mass is 16.5. The lowest BCUT2D eigenvalue weighted by Crippen LogP contribution is -2.42. The molecule has 1 aromatic heterocycles. The van der Waals surface area contributed by atoms with Gasteiger partial charge in [-0.15, -0.1) is 0 Å². The number of aromatic nitrogens is 1. The Bertz CT molecular complexity index is 772. The smallest absolute Gasteiger partial charge is 0.254 e. The van der Waals surface area contributed by atoms with Crippen LogP contribution in [0, 0.1) is 6.92 Å². The number of rotatable bonds is 2. The van der Waals surface area contributed by atoms with Crippen molar-refractivity contribution >= 4 is 5.91 Å². The Hall–Kier alpha value is -2.20. The Morgan fingerprint density at radius 2 is 2.08 bits per heavy atom. The van der Waals surface area contributed by atoms with E-state index in [9.17, 15) is 4.79 Å². The summed E-state index contributed by atoms with van der Waals surface area (Å²) in [4.78, 5) is 19.1. The van der Waals surface area contributed by atoms with Gasteiger partial charge in [-0.05, 0) is 67.1 Å². The van der Waals surface area contributed by atoms with Crippen LogP contribution in [0.2, 0.25) is 0 Å². The highest BCUT2D eigenvalue weighted by Gasteiger charge is 2.27. The lowest BCUT2D eigenvalue weighted by Gasteiger charge is -2.33. The minimum absolute atomic E-state index is 0.0705. The van der Waals surface area contributed by atoms with Gasteiger partial charge < -0.3 is 9.64 Å². The number of hydrogen-bond acceptors (Lipinski definition) is 3. The van der Waals surface area contributed by atoms with Gasteiger partial charge in [0.05, 0.1) is 13.2 Å². The first-order valence-corrected chi connectivity index (χ1v) is 8.66. The molecule has 4 rings (SSSR count). The second kappa shape index (κ2) is 6.36. The van der Waals surface area contributed by atoms with E-state index in [1.54, 1.807) is 6.20 Å². The number of hydrogen-bond donors (Lipinski definition) is 0. The molecule has 4 nitrogen and oxygen atoms in total. The second-order valence-corrected chi connectivity index (χ2v) is 6.68. The lowest BCUT2D eigenvalue weighted by atomic mass is 10.0. The molecule has 0 saturated carbocycles. The van der Waals surface area contributed by atoms with Gasteiger partial charge in [-0.2, -0.15) is 0 Å². The van der Waals surface area contributed by atoms with Gasteiger partial charge >= 0.3 is 0 Å². The van der Waals surface area contributed by atoms with Crippen LogP contribution < -0.4 is 0 Å². The Morgan fingerprint density at radius 1 is 1.21 bits per heavy atom. The van der Waals surface area contributed by atoms with E-state index in [1.165, 1.54) is 17.5 Å². The summed E-state index contributed by atoms with van der Waals surface area (Å²) in [6.45, 7) is 3.79. The number of carbonyl (C=O) groups is 1. The number of ether oxygens (including phenoxy) is 1. The van der Waals surface area contributed by atoms with Crippen molar-refractivity contribution in [2.24, 2.45) is 0 Å². The minimum Gasteiger partial charge on any atom is -0.370 e. The SMILES string of the molecule is Cc1cc(C2CN(C(=O)c3ccc4c(c3)CCC4)CCO2)ccn1. The Labute approximate surface area is 142 Å². The van der Waals surface area contributed by atoms with Gasteiger partial charge in [0.15, 0.2) is 0 Å². The molecule has 2 heterocycles. The van der Waals surface area contributed by atoms with Crippen LogP contribution in [0.1, 0.15) is 45.3 Å². The van der Waals surface area contributed by atoms with E-state index in [0.717, 1.165) is 29.7 Å². The zero-order valence-electron chi connectivity index (χ0n) is 14.0. The molecule has 24 heavy (non-hydrogen) atoms. The van der Waals surface area contributed by atoms with Crippen molar-refractivity contribution in [1.82, 2.24) is 9.88 Å². The molecule has 124 valence electrons. The summed E-state index contributed by atoms with van der Waals surface area (Å²) in [7, 11) is 0. The number of benzene rings is 1. The summed E-state index contributed by atoms with van der Waals surface area (Å²) < 4.78 is 5.89. The molecule has 2 aromatic rings. The topological polar surface area (TPSA) is 42.4 Å². The van der Waals surface area contributed by atoms with E-state index in [1.807, 2.05) is 30.0 Å². The first-order chi connectivity index (χ1) is 11.7. The van der Waals surface area contributed by atoms with E-state index in [0.29, 0.717) is 19.7 Å². The molecule has 1 aromatic carbocycles. The molecule has 2 aliphatic rings. The van der Waals surface area contributed by atoms with Crippen LogP contribution in [0.25, 0.3) is 0 Å². The third-order valence-electron chi connectivity index (χ3n) is 4.99.